The smallest absolute Gasteiger partial charge is 0.397 e. The fraction of sp³-hybridized carbons (Fsp3) is 0.714. The zero-order valence-electron chi connectivity index (χ0n) is 7.16. The van der Waals surface area contributed by atoms with Gasteiger partial charge in [-0.25, -0.2) is 4.79 Å². The van der Waals surface area contributed by atoms with Gasteiger partial charge in [0, 0.05) is 6.04 Å². The maximum Gasteiger partial charge on any atom is 0.397 e. The molecule has 0 aromatic carbocycles. The third-order valence-corrected chi connectivity index (χ3v) is 2.66. The van der Waals surface area contributed by atoms with E-state index in [9.17, 15) is 9.59 Å². The second-order valence-corrected chi connectivity index (χ2v) is 3.60. The Morgan fingerprint density at radius 2 is 2.23 bits per heavy atom. The highest BCUT2D eigenvalue weighted by atomic mass is 35.7. The van der Waals surface area contributed by atoms with E-state index in [2.05, 4.69) is 4.74 Å². The van der Waals surface area contributed by atoms with Crippen molar-refractivity contribution in [3.8, 4) is 0 Å². The first-order valence-corrected chi connectivity index (χ1v) is 5.59. The number of ether oxygens (including phenoxy) is 1. The van der Waals surface area contributed by atoms with Crippen molar-refractivity contribution in [3.05, 3.63) is 0 Å². The maximum atomic E-state index is 11.3. The van der Waals surface area contributed by atoms with Crippen molar-refractivity contribution < 1.29 is 14.3 Å². The van der Waals surface area contributed by atoms with Gasteiger partial charge in [-0.05, 0) is 30.4 Å². The number of hydrogen-bond donors (Lipinski definition) is 0. The van der Waals surface area contributed by atoms with Crippen molar-refractivity contribution in [2.24, 2.45) is 0 Å². The van der Waals surface area contributed by atoms with E-state index in [0.29, 0.717) is 0 Å². The Morgan fingerprint density at radius 3 is 2.62 bits per heavy atom. The molecule has 0 saturated heterocycles. The van der Waals surface area contributed by atoms with Crippen LogP contribution in [0.5, 0.6) is 0 Å². The first-order chi connectivity index (χ1) is 6.20. The molecule has 6 heteroatoms. The van der Waals surface area contributed by atoms with Gasteiger partial charge in [-0.2, -0.15) is 0 Å². The molecule has 1 rings (SSSR count). The molecule has 4 nitrogen and oxygen atoms in total. The Morgan fingerprint density at radius 1 is 1.62 bits per heavy atom. The van der Waals surface area contributed by atoms with Crippen LogP contribution in [0.1, 0.15) is 19.8 Å². The average Bonchev–Trinajstić information content (AvgIpc) is 2.90. The van der Waals surface area contributed by atoms with Crippen molar-refractivity contribution in [2.45, 2.75) is 25.8 Å². The molecule has 1 fully saturated rings. The number of esters is 1. The quantitative estimate of drug-likeness (QED) is 0.412. The predicted octanol–water partition coefficient (Wildman–Crippen LogP) is 1.34. The third kappa shape index (κ3) is 2.77. The molecule has 0 N–H and O–H groups in total. The molecule has 1 saturated carbocycles. The van der Waals surface area contributed by atoms with Crippen LogP contribution in [0, 0.1) is 0 Å². The van der Waals surface area contributed by atoms with E-state index in [1.54, 1.807) is 6.92 Å². The summed E-state index contributed by atoms with van der Waals surface area (Å²) in [5.74, 6) is -1.49. The largest absolute Gasteiger partial charge is 0.459 e. The monoisotopic (exact) mass is 223 g/mol. The molecule has 13 heavy (non-hydrogen) atoms. The molecule has 0 radical (unpaired) electrons. The van der Waals surface area contributed by atoms with E-state index in [1.807, 2.05) is 0 Å². The van der Waals surface area contributed by atoms with Gasteiger partial charge in [0.1, 0.15) is 0 Å². The van der Waals surface area contributed by atoms with Crippen LogP contribution >= 0.6 is 21.8 Å². The van der Waals surface area contributed by atoms with Crippen LogP contribution < -0.4 is 0 Å². The molecule has 0 aromatic heterocycles. The van der Waals surface area contributed by atoms with Gasteiger partial charge in [0.05, 0.1) is 17.8 Å². The van der Waals surface area contributed by atoms with Gasteiger partial charge < -0.3 is 4.74 Å². The van der Waals surface area contributed by atoms with Crippen LogP contribution in [0.2, 0.25) is 0 Å². The molecule has 0 spiro atoms. The minimum Gasteiger partial charge on any atom is -0.459 e. The Bertz CT molecular complexity index is 220. The van der Waals surface area contributed by atoms with Crippen LogP contribution in [0.4, 0.5) is 0 Å². The van der Waals surface area contributed by atoms with E-state index in [0.717, 1.165) is 24.0 Å². The van der Waals surface area contributed by atoms with Gasteiger partial charge in [-0.3, -0.25) is 9.10 Å². The summed E-state index contributed by atoms with van der Waals surface area (Å²) < 4.78 is 5.83. The molecular formula is C7H10ClNO3S. The standard InChI is InChI=1S/C7H10ClNO3S/c1-2-12-7(11)6(10)9(13-8)5-3-4-5/h5H,2-4H2,1H3. The summed E-state index contributed by atoms with van der Waals surface area (Å²) in [6.07, 6.45) is 1.82. The third-order valence-electron chi connectivity index (χ3n) is 1.60. The van der Waals surface area contributed by atoms with Crippen LogP contribution in [0.3, 0.4) is 0 Å². The van der Waals surface area contributed by atoms with Crippen LogP contribution in [0.25, 0.3) is 0 Å². The molecule has 0 aliphatic heterocycles. The van der Waals surface area contributed by atoms with E-state index in [1.165, 1.54) is 4.31 Å². The average molecular weight is 224 g/mol. The van der Waals surface area contributed by atoms with Gasteiger partial charge in [0.15, 0.2) is 0 Å². The van der Waals surface area contributed by atoms with Gasteiger partial charge in [-0.15, -0.1) is 0 Å². The van der Waals surface area contributed by atoms with Crippen molar-refractivity contribution >= 4 is 33.7 Å². The second kappa shape index (κ2) is 4.72. The molecule has 0 bridgehead atoms. The highest BCUT2D eigenvalue weighted by Crippen LogP contribution is 2.33. The summed E-state index contributed by atoms with van der Waals surface area (Å²) in [5, 5.41) is 0. The first-order valence-electron chi connectivity index (χ1n) is 3.99. The summed E-state index contributed by atoms with van der Waals surface area (Å²) in [7, 11) is 5.46. The number of nitrogens with zero attached hydrogens (tertiary/aromatic N) is 1. The molecule has 1 amide bonds. The number of carbonyl (C=O) groups is 2. The number of carbonyl (C=O) groups excluding carboxylic acids is 2. The van der Waals surface area contributed by atoms with Gasteiger partial charge in [0.25, 0.3) is 0 Å². The Balaban J connectivity index is 2.47. The Kier molecular flexibility index (Phi) is 3.87. The number of halogens is 1. The van der Waals surface area contributed by atoms with Gasteiger partial charge in [0.2, 0.25) is 0 Å². The Hall–Kier alpha value is -0.420. The summed E-state index contributed by atoms with van der Waals surface area (Å²) in [4.78, 5) is 22.3. The van der Waals surface area contributed by atoms with E-state index in [-0.39, 0.29) is 12.6 Å². The van der Waals surface area contributed by atoms with Crippen LogP contribution in [0.15, 0.2) is 0 Å². The summed E-state index contributed by atoms with van der Waals surface area (Å²) in [6, 6.07) is 0.111. The lowest BCUT2D eigenvalue weighted by Gasteiger charge is -2.14. The van der Waals surface area contributed by atoms with Crippen molar-refractivity contribution in [3.63, 3.8) is 0 Å². The lowest BCUT2D eigenvalue weighted by atomic mass is 10.5. The van der Waals surface area contributed by atoms with Crippen molar-refractivity contribution in [1.82, 2.24) is 4.31 Å². The maximum absolute atomic E-state index is 11.3. The summed E-state index contributed by atoms with van der Waals surface area (Å²) in [5.41, 5.74) is 0. The highest BCUT2D eigenvalue weighted by molar-refractivity contribution is 8.19. The topological polar surface area (TPSA) is 46.6 Å². The zero-order chi connectivity index (χ0) is 9.84. The van der Waals surface area contributed by atoms with E-state index in [4.69, 9.17) is 10.7 Å². The number of amides is 1. The molecule has 0 aromatic rings. The molecule has 0 unspecified atom stereocenters. The fourth-order valence-corrected chi connectivity index (χ4v) is 1.83. The summed E-state index contributed by atoms with van der Waals surface area (Å²) >= 11 is 0.758. The number of hydrogen-bond acceptors (Lipinski definition) is 4. The van der Waals surface area contributed by atoms with Crippen LogP contribution in [-0.4, -0.2) is 28.8 Å². The molecule has 74 valence electrons. The van der Waals surface area contributed by atoms with E-state index < -0.39 is 11.9 Å². The zero-order valence-corrected chi connectivity index (χ0v) is 8.73. The normalized spacial score (nSPS) is 15.2. The molecule has 1 aliphatic rings. The molecule has 1 aliphatic carbocycles. The van der Waals surface area contributed by atoms with E-state index >= 15 is 0 Å². The van der Waals surface area contributed by atoms with Crippen molar-refractivity contribution in [1.29, 1.82) is 0 Å². The number of rotatable bonds is 3. The van der Waals surface area contributed by atoms with Gasteiger partial charge >= 0.3 is 11.9 Å². The minimum absolute atomic E-state index is 0.111. The van der Waals surface area contributed by atoms with Gasteiger partial charge in [-0.1, -0.05) is 0 Å². The fourth-order valence-electron chi connectivity index (χ4n) is 0.845. The predicted molar refractivity (Wildman–Crippen MR) is 49.9 cm³/mol. The molecule has 0 atom stereocenters. The lowest BCUT2D eigenvalue weighted by Crippen LogP contribution is -2.33. The molecular weight excluding hydrogens is 214 g/mol. The second-order valence-electron chi connectivity index (χ2n) is 2.65. The first kappa shape index (κ1) is 10.7. The summed E-state index contributed by atoms with van der Waals surface area (Å²) in [6.45, 7) is 1.86. The lowest BCUT2D eigenvalue weighted by molar-refractivity contribution is -0.157. The van der Waals surface area contributed by atoms with Crippen molar-refractivity contribution in [2.75, 3.05) is 6.61 Å². The Labute approximate surface area is 85.2 Å². The minimum atomic E-state index is -0.831. The SMILES string of the molecule is CCOC(=O)C(=O)N(SCl)C1CC1. The highest BCUT2D eigenvalue weighted by Gasteiger charge is 2.36. The molecule has 0 heterocycles. The van der Waals surface area contributed by atoms with Crippen LogP contribution in [-0.2, 0) is 14.3 Å².